The molecule has 0 aliphatic carbocycles. The van der Waals surface area contributed by atoms with Gasteiger partial charge in [0.1, 0.15) is 5.78 Å². The van der Waals surface area contributed by atoms with Crippen LogP contribution in [0.3, 0.4) is 0 Å². The third-order valence-electron chi connectivity index (χ3n) is 2.73. The first-order valence-electron chi connectivity index (χ1n) is 6.53. The van der Waals surface area contributed by atoms with Crippen LogP contribution < -0.4 is 0 Å². The van der Waals surface area contributed by atoms with Gasteiger partial charge >= 0.3 is 5.97 Å². The first-order chi connectivity index (χ1) is 9.18. The Kier molecular flexibility index (Phi) is 7.98. The SMILES string of the molecule is O=C(O)CCCCC(=O)CCSCc1ccccc1. The maximum absolute atomic E-state index is 11.5. The van der Waals surface area contributed by atoms with Gasteiger partial charge in [0.15, 0.2) is 0 Å². The Morgan fingerprint density at radius 2 is 1.68 bits per heavy atom. The van der Waals surface area contributed by atoms with Gasteiger partial charge in [0.25, 0.3) is 0 Å². The van der Waals surface area contributed by atoms with E-state index in [4.69, 9.17) is 5.11 Å². The molecule has 0 fully saturated rings. The second-order valence-corrected chi connectivity index (χ2v) is 5.53. The van der Waals surface area contributed by atoms with Crippen molar-refractivity contribution in [1.82, 2.24) is 0 Å². The highest BCUT2D eigenvalue weighted by molar-refractivity contribution is 7.98. The average Bonchev–Trinajstić information content (AvgIpc) is 2.41. The van der Waals surface area contributed by atoms with E-state index >= 15 is 0 Å². The Bertz CT molecular complexity index is 390. The van der Waals surface area contributed by atoms with E-state index in [-0.39, 0.29) is 12.2 Å². The second kappa shape index (κ2) is 9.62. The molecule has 0 aliphatic heterocycles. The molecule has 0 amide bonds. The maximum Gasteiger partial charge on any atom is 0.303 e. The van der Waals surface area contributed by atoms with Gasteiger partial charge in [0.2, 0.25) is 0 Å². The number of carbonyl (C=O) groups excluding carboxylic acids is 1. The average molecular weight is 280 g/mol. The normalized spacial score (nSPS) is 10.3. The van der Waals surface area contributed by atoms with E-state index in [1.165, 1.54) is 5.56 Å². The summed E-state index contributed by atoms with van der Waals surface area (Å²) in [6.07, 6.45) is 2.55. The van der Waals surface area contributed by atoms with Gasteiger partial charge in [-0.15, -0.1) is 0 Å². The standard InChI is InChI=1S/C15H20O3S/c16-14(8-4-5-9-15(17)18)10-11-19-12-13-6-2-1-3-7-13/h1-3,6-7H,4-5,8-12H2,(H,17,18). The molecule has 19 heavy (non-hydrogen) atoms. The van der Waals surface area contributed by atoms with Crippen LogP contribution in [0.25, 0.3) is 0 Å². The van der Waals surface area contributed by atoms with E-state index in [0.717, 1.165) is 11.5 Å². The van der Waals surface area contributed by atoms with Crippen LogP contribution in [0.15, 0.2) is 30.3 Å². The van der Waals surface area contributed by atoms with Crippen LogP contribution in [-0.4, -0.2) is 22.6 Å². The highest BCUT2D eigenvalue weighted by atomic mass is 32.2. The summed E-state index contributed by atoms with van der Waals surface area (Å²) in [4.78, 5) is 21.8. The summed E-state index contributed by atoms with van der Waals surface area (Å²) in [5, 5.41) is 8.47. The van der Waals surface area contributed by atoms with E-state index in [2.05, 4.69) is 12.1 Å². The molecule has 0 radical (unpaired) electrons. The number of hydrogen-bond donors (Lipinski definition) is 1. The van der Waals surface area contributed by atoms with Crippen LogP contribution in [0.5, 0.6) is 0 Å². The van der Waals surface area contributed by atoms with E-state index in [0.29, 0.717) is 25.7 Å². The molecule has 1 N–H and O–H groups in total. The van der Waals surface area contributed by atoms with Gasteiger partial charge in [0.05, 0.1) is 0 Å². The van der Waals surface area contributed by atoms with Gasteiger partial charge in [-0.1, -0.05) is 30.3 Å². The van der Waals surface area contributed by atoms with E-state index < -0.39 is 5.97 Å². The van der Waals surface area contributed by atoms with Crippen molar-refractivity contribution < 1.29 is 14.7 Å². The Hall–Kier alpha value is -1.29. The van der Waals surface area contributed by atoms with Crippen LogP contribution >= 0.6 is 11.8 Å². The number of hydrogen-bond acceptors (Lipinski definition) is 3. The van der Waals surface area contributed by atoms with Crippen molar-refractivity contribution in [3.8, 4) is 0 Å². The lowest BCUT2D eigenvalue weighted by Gasteiger charge is -2.02. The van der Waals surface area contributed by atoms with Crippen LogP contribution in [0.1, 0.15) is 37.7 Å². The smallest absolute Gasteiger partial charge is 0.303 e. The lowest BCUT2D eigenvalue weighted by atomic mass is 10.1. The number of carbonyl (C=O) groups is 2. The zero-order chi connectivity index (χ0) is 13.9. The lowest BCUT2D eigenvalue weighted by Crippen LogP contribution is -2.01. The van der Waals surface area contributed by atoms with Gasteiger partial charge in [0, 0.05) is 30.8 Å². The number of carboxylic acid groups (broad SMARTS) is 1. The zero-order valence-corrected chi connectivity index (χ0v) is 11.8. The number of unbranched alkanes of at least 4 members (excludes halogenated alkanes) is 1. The number of Topliss-reactive ketones (excluding diaryl/α,β-unsaturated/α-hetero) is 1. The van der Waals surface area contributed by atoms with Crippen LogP contribution in [0, 0.1) is 0 Å². The number of ketones is 1. The quantitative estimate of drug-likeness (QED) is 0.666. The molecule has 0 spiro atoms. The number of thioether (sulfide) groups is 1. The molecular weight excluding hydrogens is 260 g/mol. The predicted octanol–water partition coefficient (Wildman–Crippen LogP) is 3.52. The van der Waals surface area contributed by atoms with Gasteiger partial charge in [-0.25, -0.2) is 0 Å². The molecular formula is C15H20O3S. The third-order valence-corrected chi connectivity index (χ3v) is 3.76. The van der Waals surface area contributed by atoms with Gasteiger partial charge in [-0.2, -0.15) is 11.8 Å². The molecule has 0 unspecified atom stereocenters. The molecule has 0 bridgehead atoms. The highest BCUT2D eigenvalue weighted by Crippen LogP contribution is 2.13. The predicted molar refractivity (Wildman–Crippen MR) is 78.3 cm³/mol. The molecule has 0 saturated carbocycles. The molecule has 1 aromatic rings. The second-order valence-electron chi connectivity index (χ2n) is 4.43. The first-order valence-corrected chi connectivity index (χ1v) is 7.69. The summed E-state index contributed by atoms with van der Waals surface area (Å²) in [5.74, 6) is 1.23. The Labute approximate surface area is 118 Å². The third kappa shape index (κ3) is 8.43. The summed E-state index contributed by atoms with van der Waals surface area (Å²) in [5.41, 5.74) is 1.28. The number of aliphatic carboxylic acids is 1. The van der Waals surface area contributed by atoms with Crippen molar-refractivity contribution in [2.45, 2.75) is 37.9 Å². The minimum absolute atomic E-state index is 0.163. The van der Waals surface area contributed by atoms with E-state index in [9.17, 15) is 9.59 Å². The maximum atomic E-state index is 11.5. The topological polar surface area (TPSA) is 54.4 Å². The van der Waals surface area contributed by atoms with Crippen molar-refractivity contribution in [3.63, 3.8) is 0 Å². The first kappa shape index (κ1) is 15.8. The summed E-state index contributed by atoms with van der Waals surface area (Å²) in [6, 6.07) is 10.2. The van der Waals surface area contributed by atoms with Gasteiger partial charge < -0.3 is 5.11 Å². The van der Waals surface area contributed by atoms with Gasteiger partial charge in [-0.05, 0) is 18.4 Å². The van der Waals surface area contributed by atoms with E-state index in [1.54, 1.807) is 11.8 Å². The highest BCUT2D eigenvalue weighted by Gasteiger charge is 2.03. The molecule has 3 nitrogen and oxygen atoms in total. The summed E-state index contributed by atoms with van der Waals surface area (Å²) < 4.78 is 0. The van der Waals surface area contributed by atoms with Crippen LogP contribution in [0.2, 0.25) is 0 Å². The molecule has 0 atom stereocenters. The number of benzene rings is 1. The Balaban J connectivity index is 2.00. The zero-order valence-electron chi connectivity index (χ0n) is 11.0. The van der Waals surface area contributed by atoms with Crippen LogP contribution in [0.4, 0.5) is 0 Å². The largest absolute Gasteiger partial charge is 0.481 e. The monoisotopic (exact) mass is 280 g/mol. The minimum atomic E-state index is -0.786. The van der Waals surface area contributed by atoms with Crippen molar-refractivity contribution >= 4 is 23.5 Å². The fourth-order valence-corrected chi connectivity index (χ4v) is 2.62. The molecule has 4 heteroatoms. The van der Waals surface area contributed by atoms with Crippen molar-refractivity contribution in [2.75, 3.05) is 5.75 Å². The Morgan fingerprint density at radius 3 is 2.37 bits per heavy atom. The molecule has 104 valence electrons. The molecule has 0 aliphatic rings. The van der Waals surface area contributed by atoms with Crippen molar-refractivity contribution in [2.24, 2.45) is 0 Å². The van der Waals surface area contributed by atoms with Gasteiger partial charge in [-0.3, -0.25) is 9.59 Å². The van der Waals surface area contributed by atoms with Crippen molar-refractivity contribution in [1.29, 1.82) is 0 Å². The molecule has 0 heterocycles. The number of rotatable bonds is 10. The fourth-order valence-electron chi connectivity index (χ4n) is 1.67. The summed E-state index contributed by atoms with van der Waals surface area (Å²) in [6.45, 7) is 0. The lowest BCUT2D eigenvalue weighted by molar-refractivity contribution is -0.137. The molecule has 0 saturated heterocycles. The number of carboxylic acids is 1. The fraction of sp³-hybridized carbons (Fsp3) is 0.467. The summed E-state index contributed by atoms with van der Waals surface area (Å²) >= 11 is 1.76. The summed E-state index contributed by atoms with van der Waals surface area (Å²) in [7, 11) is 0. The minimum Gasteiger partial charge on any atom is -0.481 e. The van der Waals surface area contributed by atoms with Crippen LogP contribution in [-0.2, 0) is 15.3 Å². The molecule has 0 aromatic heterocycles. The Morgan fingerprint density at radius 1 is 1.00 bits per heavy atom. The van der Waals surface area contributed by atoms with Crippen molar-refractivity contribution in [3.05, 3.63) is 35.9 Å². The molecule has 1 rings (SSSR count). The van der Waals surface area contributed by atoms with E-state index in [1.807, 2.05) is 18.2 Å². The molecule has 1 aromatic carbocycles.